The van der Waals surface area contributed by atoms with Crippen LogP contribution >= 0.6 is 0 Å². The first-order chi connectivity index (χ1) is 10.6. The second-order valence-corrected chi connectivity index (χ2v) is 5.64. The number of hydrogen-bond acceptors (Lipinski definition) is 5. The highest BCUT2D eigenvalue weighted by Crippen LogP contribution is 2.24. The summed E-state index contributed by atoms with van der Waals surface area (Å²) in [5.74, 6) is 0.0935. The van der Waals surface area contributed by atoms with E-state index in [1.165, 1.54) is 6.26 Å². The molecule has 22 heavy (non-hydrogen) atoms. The van der Waals surface area contributed by atoms with Gasteiger partial charge in [-0.25, -0.2) is 0 Å². The van der Waals surface area contributed by atoms with E-state index in [1.807, 2.05) is 6.92 Å². The van der Waals surface area contributed by atoms with Crippen molar-refractivity contribution >= 4 is 11.8 Å². The number of amides is 2. The minimum Gasteiger partial charge on any atom is -0.459 e. The minimum absolute atomic E-state index is 0.0266. The zero-order chi connectivity index (χ0) is 15.6. The summed E-state index contributed by atoms with van der Waals surface area (Å²) in [5.41, 5.74) is -0.664. The van der Waals surface area contributed by atoms with Gasteiger partial charge in [0, 0.05) is 13.1 Å². The summed E-state index contributed by atoms with van der Waals surface area (Å²) >= 11 is 0. The predicted molar refractivity (Wildman–Crippen MR) is 76.4 cm³/mol. The van der Waals surface area contributed by atoms with Gasteiger partial charge in [-0.15, -0.1) is 0 Å². The monoisotopic (exact) mass is 308 g/mol. The lowest BCUT2D eigenvalue weighted by Gasteiger charge is -2.42. The van der Waals surface area contributed by atoms with Crippen molar-refractivity contribution in [1.29, 1.82) is 0 Å². The Morgan fingerprint density at radius 2 is 2.27 bits per heavy atom. The number of hydrogen-bond donors (Lipinski definition) is 0. The summed E-state index contributed by atoms with van der Waals surface area (Å²) < 4.78 is 16.6. The molecule has 0 radical (unpaired) electrons. The Balaban J connectivity index is 1.78. The quantitative estimate of drug-likeness (QED) is 0.789. The van der Waals surface area contributed by atoms with E-state index in [9.17, 15) is 9.59 Å². The molecule has 2 saturated heterocycles. The van der Waals surface area contributed by atoms with Gasteiger partial charge < -0.3 is 23.7 Å². The first-order valence-corrected chi connectivity index (χ1v) is 7.46. The van der Waals surface area contributed by atoms with Crippen molar-refractivity contribution in [2.75, 3.05) is 46.0 Å². The van der Waals surface area contributed by atoms with E-state index in [2.05, 4.69) is 0 Å². The van der Waals surface area contributed by atoms with Crippen molar-refractivity contribution in [2.24, 2.45) is 0 Å². The molecule has 0 aliphatic carbocycles. The molecule has 3 rings (SSSR count). The summed E-state index contributed by atoms with van der Waals surface area (Å²) in [6, 6.07) is 3.33. The standard InChI is InChI=1S/C15H20N2O5/c1-2-16-9-15(22-8-13(16)18)10-17(5-7-20-11-15)14(19)12-4-3-6-21-12/h3-4,6H,2,5,7-11H2,1H3. The number of likely N-dealkylation sites (N-methyl/N-ethyl adjacent to an activating group) is 1. The van der Waals surface area contributed by atoms with Crippen LogP contribution in [0.15, 0.2) is 22.8 Å². The lowest BCUT2D eigenvalue weighted by molar-refractivity contribution is -0.171. The Bertz CT molecular complexity index is 544. The Morgan fingerprint density at radius 3 is 3.00 bits per heavy atom. The summed E-state index contributed by atoms with van der Waals surface area (Å²) in [4.78, 5) is 27.7. The maximum Gasteiger partial charge on any atom is 0.289 e. The molecule has 7 heteroatoms. The topological polar surface area (TPSA) is 72.2 Å². The Morgan fingerprint density at radius 1 is 1.41 bits per heavy atom. The third-order valence-corrected chi connectivity index (χ3v) is 4.08. The molecule has 0 bridgehead atoms. The molecule has 0 aromatic carbocycles. The highest BCUT2D eigenvalue weighted by Gasteiger charge is 2.43. The van der Waals surface area contributed by atoms with Gasteiger partial charge in [0.05, 0.1) is 32.6 Å². The van der Waals surface area contributed by atoms with E-state index in [0.29, 0.717) is 45.2 Å². The number of carbonyl (C=O) groups is 2. The number of nitrogens with zero attached hydrogens (tertiary/aromatic N) is 2. The largest absolute Gasteiger partial charge is 0.459 e. The van der Waals surface area contributed by atoms with Crippen LogP contribution < -0.4 is 0 Å². The second-order valence-electron chi connectivity index (χ2n) is 5.64. The number of rotatable bonds is 2. The molecular formula is C15H20N2O5. The van der Waals surface area contributed by atoms with Crippen molar-refractivity contribution in [3.05, 3.63) is 24.2 Å². The van der Waals surface area contributed by atoms with Crippen LogP contribution in [0.3, 0.4) is 0 Å². The van der Waals surface area contributed by atoms with Gasteiger partial charge in [0.25, 0.3) is 5.91 Å². The fourth-order valence-electron chi connectivity index (χ4n) is 2.89. The fraction of sp³-hybridized carbons (Fsp3) is 0.600. The zero-order valence-electron chi connectivity index (χ0n) is 12.6. The second kappa shape index (κ2) is 6.10. The molecule has 120 valence electrons. The molecule has 1 atom stereocenters. The van der Waals surface area contributed by atoms with Gasteiger partial charge in [0.1, 0.15) is 12.2 Å². The van der Waals surface area contributed by atoms with Crippen molar-refractivity contribution < 1.29 is 23.5 Å². The normalized spacial score (nSPS) is 26.3. The van der Waals surface area contributed by atoms with E-state index in [0.717, 1.165) is 0 Å². The summed E-state index contributed by atoms with van der Waals surface area (Å²) in [6.07, 6.45) is 1.48. The third-order valence-electron chi connectivity index (χ3n) is 4.08. The van der Waals surface area contributed by atoms with Crippen LogP contribution in [0.4, 0.5) is 0 Å². The highest BCUT2D eigenvalue weighted by atomic mass is 16.6. The van der Waals surface area contributed by atoms with E-state index >= 15 is 0 Å². The lowest BCUT2D eigenvalue weighted by atomic mass is 10.0. The average Bonchev–Trinajstić information content (AvgIpc) is 2.99. The van der Waals surface area contributed by atoms with Crippen molar-refractivity contribution in [3.8, 4) is 0 Å². The summed E-state index contributed by atoms with van der Waals surface area (Å²) in [5, 5.41) is 0. The van der Waals surface area contributed by atoms with Gasteiger partial charge in [-0.3, -0.25) is 9.59 Å². The van der Waals surface area contributed by atoms with Gasteiger partial charge in [-0.2, -0.15) is 0 Å². The van der Waals surface area contributed by atoms with E-state index in [1.54, 1.807) is 21.9 Å². The van der Waals surface area contributed by atoms with Crippen LogP contribution in [0.2, 0.25) is 0 Å². The van der Waals surface area contributed by atoms with E-state index < -0.39 is 5.60 Å². The van der Waals surface area contributed by atoms with Crippen LogP contribution in [-0.2, 0) is 14.3 Å². The molecule has 0 saturated carbocycles. The number of furan rings is 1. The molecular weight excluding hydrogens is 288 g/mol. The minimum atomic E-state index is -0.664. The van der Waals surface area contributed by atoms with E-state index in [-0.39, 0.29) is 18.4 Å². The van der Waals surface area contributed by atoms with Gasteiger partial charge in [0.2, 0.25) is 5.91 Å². The third kappa shape index (κ3) is 2.86. The average molecular weight is 308 g/mol. The van der Waals surface area contributed by atoms with Crippen LogP contribution in [0.1, 0.15) is 17.5 Å². The fourth-order valence-corrected chi connectivity index (χ4v) is 2.89. The maximum atomic E-state index is 12.5. The van der Waals surface area contributed by atoms with Gasteiger partial charge >= 0.3 is 0 Å². The van der Waals surface area contributed by atoms with Gasteiger partial charge in [-0.05, 0) is 19.1 Å². The van der Waals surface area contributed by atoms with Crippen molar-refractivity contribution in [2.45, 2.75) is 12.5 Å². The summed E-state index contributed by atoms with van der Waals surface area (Å²) in [7, 11) is 0. The SMILES string of the molecule is CCN1CC2(COCCN(C(=O)c3ccco3)C2)OCC1=O. The molecule has 1 spiro atoms. The molecule has 1 aromatic heterocycles. The molecule has 0 N–H and O–H groups in total. The molecule has 2 aliphatic rings. The van der Waals surface area contributed by atoms with Crippen LogP contribution in [0, 0.1) is 0 Å². The van der Waals surface area contributed by atoms with Crippen molar-refractivity contribution in [1.82, 2.24) is 9.80 Å². The smallest absolute Gasteiger partial charge is 0.289 e. The molecule has 7 nitrogen and oxygen atoms in total. The van der Waals surface area contributed by atoms with Gasteiger partial charge in [0.15, 0.2) is 5.76 Å². The lowest BCUT2D eigenvalue weighted by Crippen LogP contribution is -2.60. The molecule has 2 fully saturated rings. The summed E-state index contributed by atoms with van der Waals surface area (Å²) in [6.45, 7) is 4.69. The highest BCUT2D eigenvalue weighted by molar-refractivity contribution is 5.91. The first-order valence-electron chi connectivity index (χ1n) is 7.46. The van der Waals surface area contributed by atoms with Crippen LogP contribution in [0.25, 0.3) is 0 Å². The zero-order valence-corrected chi connectivity index (χ0v) is 12.6. The maximum absolute atomic E-state index is 12.5. The van der Waals surface area contributed by atoms with Gasteiger partial charge in [-0.1, -0.05) is 0 Å². The molecule has 1 unspecified atom stereocenters. The van der Waals surface area contributed by atoms with E-state index in [4.69, 9.17) is 13.9 Å². The Hall–Kier alpha value is -1.86. The van der Waals surface area contributed by atoms with Crippen molar-refractivity contribution in [3.63, 3.8) is 0 Å². The Labute approximate surface area is 128 Å². The van der Waals surface area contributed by atoms with Crippen LogP contribution in [0.5, 0.6) is 0 Å². The Kier molecular flexibility index (Phi) is 4.17. The molecule has 3 heterocycles. The predicted octanol–water partition coefficient (Wildman–Crippen LogP) is 0.369. The molecule has 1 aromatic rings. The molecule has 2 amide bonds. The molecule has 2 aliphatic heterocycles. The first kappa shape index (κ1) is 15.1. The van der Waals surface area contributed by atoms with Crippen LogP contribution in [-0.4, -0.2) is 73.2 Å². The number of carbonyl (C=O) groups excluding carboxylic acids is 2. The number of morpholine rings is 1. The number of ether oxygens (including phenoxy) is 2.